The third-order valence-corrected chi connectivity index (χ3v) is 3.69. The van der Waals surface area contributed by atoms with E-state index >= 15 is 0 Å². The van der Waals surface area contributed by atoms with E-state index in [1.807, 2.05) is 37.3 Å². The topological polar surface area (TPSA) is 69.1 Å². The fourth-order valence-electron chi connectivity index (χ4n) is 2.11. The predicted octanol–water partition coefficient (Wildman–Crippen LogP) is 2.36. The smallest absolute Gasteiger partial charge is 0.172 e. The van der Waals surface area contributed by atoms with Crippen LogP contribution in [0.2, 0.25) is 0 Å². The van der Waals surface area contributed by atoms with Crippen molar-refractivity contribution in [2.24, 2.45) is 0 Å². The lowest BCUT2D eigenvalue weighted by atomic mass is 10.2. The van der Waals surface area contributed by atoms with Crippen molar-refractivity contribution in [3.05, 3.63) is 28.5 Å². The first-order valence-electron chi connectivity index (χ1n) is 5.62. The third-order valence-electron chi connectivity index (χ3n) is 2.81. The van der Waals surface area contributed by atoms with Crippen LogP contribution in [-0.4, -0.2) is 19.6 Å². The van der Waals surface area contributed by atoms with Crippen LogP contribution in [0.4, 0.5) is 5.00 Å². The van der Waals surface area contributed by atoms with E-state index in [0.29, 0.717) is 0 Å². The quantitative estimate of drug-likeness (QED) is 0.728. The van der Waals surface area contributed by atoms with Crippen LogP contribution < -0.4 is 5.73 Å². The molecule has 0 aliphatic rings. The Kier molecular flexibility index (Phi) is 2.34. The van der Waals surface area contributed by atoms with E-state index in [1.165, 1.54) is 0 Å². The number of hydrogen-bond acceptors (Lipinski definition) is 5. The molecule has 0 aliphatic carbocycles. The molecule has 2 N–H and O–H groups in total. The molecule has 0 atom stereocenters. The molecule has 0 fully saturated rings. The maximum atomic E-state index is 6.02. The van der Waals surface area contributed by atoms with Crippen molar-refractivity contribution < 1.29 is 0 Å². The first kappa shape index (κ1) is 11.2. The summed E-state index contributed by atoms with van der Waals surface area (Å²) in [6.45, 7) is 5.93. The summed E-state index contributed by atoms with van der Waals surface area (Å²) < 4.78 is 1.94. The Balaban J connectivity index is 2.34. The Bertz CT molecular complexity index is 740. The summed E-state index contributed by atoms with van der Waals surface area (Å²) in [5.41, 5.74) is 8.69. The maximum absolute atomic E-state index is 6.02. The summed E-state index contributed by atoms with van der Waals surface area (Å²) in [6, 6.07) is 3.95. The summed E-state index contributed by atoms with van der Waals surface area (Å²) in [6.07, 6.45) is 0. The lowest BCUT2D eigenvalue weighted by Gasteiger charge is -2.03. The van der Waals surface area contributed by atoms with Gasteiger partial charge in [-0.3, -0.25) is 4.40 Å². The Labute approximate surface area is 108 Å². The lowest BCUT2D eigenvalue weighted by molar-refractivity contribution is 0.962. The van der Waals surface area contributed by atoms with Crippen LogP contribution in [0.25, 0.3) is 17.0 Å². The summed E-state index contributed by atoms with van der Waals surface area (Å²) >= 11 is 1.56. The van der Waals surface area contributed by atoms with Gasteiger partial charge in [-0.15, -0.1) is 21.5 Å². The molecule has 0 radical (unpaired) electrons. The molecule has 0 amide bonds. The number of nitrogens with two attached hydrogens (primary N) is 1. The minimum absolute atomic E-state index is 0.761. The van der Waals surface area contributed by atoms with E-state index < -0.39 is 0 Å². The number of aryl methyl sites for hydroxylation is 3. The van der Waals surface area contributed by atoms with Crippen molar-refractivity contribution >= 4 is 22.0 Å². The van der Waals surface area contributed by atoms with Gasteiger partial charge in [0.1, 0.15) is 5.82 Å². The highest BCUT2D eigenvalue weighted by Crippen LogP contribution is 2.32. The number of fused-ring (bicyclic) bond motifs is 1. The van der Waals surface area contributed by atoms with Gasteiger partial charge in [-0.2, -0.15) is 0 Å². The number of nitrogens with zero attached hydrogens (tertiary/aromatic N) is 4. The van der Waals surface area contributed by atoms with Crippen molar-refractivity contribution in [1.29, 1.82) is 0 Å². The monoisotopic (exact) mass is 259 g/mol. The molecule has 3 heterocycles. The second-order valence-electron chi connectivity index (χ2n) is 4.30. The van der Waals surface area contributed by atoms with Crippen LogP contribution in [0.1, 0.15) is 16.4 Å². The number of hydrogen-bond donors (Lipinski definition) is 1. The minimum atomic E-state index is 0.761. The Morgan fingerprint density at radius 2 is 1.94 bits per heavy atom. The molecule has 18 heavy (non-hydrogen) atoms. The second kappa shape index (κ2) is 3.78. The van der Waals surface area contributed by atoms with Crippen molar-refractivity contribution in [3.63, 3.8) is 0 Å². The molecule has 0 unspecified atom stereocenters. The van der Waals surface area contributed by atoms with Crippen LogP contribution in [0.3, 0.4) is 0 Å². The van der Waals surface area contributed by atoms with E-state index in [9.17, 15) is 0 Å². The first-order valence-corrected chi connectivity index (χ1v) is 6.43. The maximum Gasteiger partial charge on any atom is 0.172 e. The number of rotatable bonds is 1. The van der Waals surface area contributed by atoms with Crippen LogP contribution in [-0.2, 0) is 0 Å². The van der Waals surface area contributed by atoms with Gasteiger partial charge < -0.3 is 5.73 Å². The SMILES string of the molecule is Cc1cc2nnc(-c3cc(C)sc3N)n2c(C)n1. The lowest BCUT2D eigenvalue weighted by Crippen LogP contribution is -1.99. The van der Waals surface area contributed by atoms with Gasteiger partial charge in [0.15, 0.2) is 11.5 Å². The average Bonchev–Trinajstić information content (AvgIpc) is 2.81. The zero-order valence-electron chi connectivity index (χ0n) is 10.4. The zero-order chi connectivity index (χ0) is 12.9. The van der Waals surface area contributed by atoms with E-state index in [1.54, 1.807) is 11.3 Å². The minimum Gasteiger partial charge on any atom is -0.390 e. The highest BCUT2D eigenvalue weighted by atomic mass is 32.1. The van der Waals surface area contributed by atoms with Gasteiger partial charge in [0.05, 0.1) is 10.6 Å². The van der Waals surface area contributed by atoms with Crippen molar-refractivity contribution in [2.45, 2.75) is 20.8 Å². The van der Waals surface area contributed by atoms with Gasteiger partial charge in [-0.05, 0) is 26.8 Å². The van der Waals surface area contributed by atoms with Crippen LogP contribution in [0.5, 0.6) is 0 Å². The van der Waals surface area contributed by atoms with Gasteiger partial charge in [-0.25, -0.2) is 4.98 Å². The van der Waals surface area contributed by atoms with Gasteiger partial charge in [0, 0.05) is 16.6 Å². The zero-order valence-corrected chi connectivity index (χ0v) is 11.2. The molecule has 92 valence electrons. The summed E-state index contributed by atoms with van der Waals surface area (Å²) in [5, 5.41) is 9.20. The molecule has 0 aliphatic heterocycles. The van der Waals surface area contributed by atoms with Crippen LogP contribution in [0.15, 0.2) is 12.1 Å². The van der Waals surface area contributed by atoms with Crippen LogP contribution >= 0.6 is 11.3 Å². The summed E-state index contributed by atoms with van der Waals surface area (Å²) in [4.78, 5) is 5.61. The fourth-order valence-corrected chi connectivity index (χ4v) is 2.90. The molecule has 5 nitrogen and oxygen atoms in total. The van der Waals surface area contributed by atoms with Gasteiger partial charge in [0.25, 0.3) is 0 Å². The van der Waals surface area contributed by atoms with Crippen LogP contribution in [0, 0.1) is 20.8 Å². The highest BCUT2D eigenvalue weighted by molar-refractivity contribution is 7.16. The molecular weight excluding hydrogens is 246 g/mol. The fraction of sp³-hybridized carbons (Fsp3) is 0.250. The molecular formula is C12H13N5S. The number of anilines is 1. The normalized spacial score (nSPS) is 11.3. The molecule has 0 bridgehead atoms. The van der Waals surface area contributed by atoms with E-state index in [4.69, 9.17) is 5.73 Å². The highest BCUT2D eigenvalue weighted by Gasteiger charge is 2.15. The van der Waals surface area contributed by atoms with E-state index in [2.05, 4.69) is 15.2 Å². The molecule has 3 rings (SSSR count). The molecule has 6 heteroatoms. The molecule has 0 saturated heterocycles. The average molecular weight is 259 g/mol. The Morgan fingerprint density at radius 3 is 2.61 bits per heavy atom. The molecule has 0 spiro atoms. The van der Waals surface area contributed by atoms with Crippen molar-refractivity contribution in [3.8, 4) is 11.4 Å². The second-order valence-corrected chi connectivity index (χ2v) is 5.58. The first-order chi connectivity index (χ1) is 8.56. The summed E-state index contributed by atoms with van der Waals surface area (Å²) in [7, 11) is 0. The predicted molar refractivity (Wildman–Crippen MR) is 72.7 cm³/mol. The molecule has 0 saturated carbocycles. The van der Waals surface area contributed by atoms with Gasteiger partial charge in [-0.1, -0.05) is 0 Å². The van der Waals surface area contributed by atoms with E-state index in [0.717, 1.165) is 38.4 Å². The third kappa shape index (κ3) is 1.57. The Morgan fingerprint density at radius 1 is 1.17 bits per heavy atom. The van der Waals surface area contributed by atoms with E-state index in [-0.39, 0.29) is 0 Å². The van der Waals surface area contributed by atoms with Gasteiger partial charge >= 0.3 is 0 Å². The molecule has 0 aromatic carbocycles. The van der Waals surface area contributed by atoms with Crippen molar-refractivity contribution in [2.75, 3.05) is 5.73 Å². The standard InChI is InChI=1S/C12H13N5S/c1-6-4-10-15-16-12(17(10)8(3)14-6)9-5-7(2)18-11(9)13/h4-5H,13H2,1-3H3. The largest absolute Gasteiger partial charge is 0.390 e. The number of nitrogen functional groups attached to an aromatic ring is 1. The van der Waals surface area contributed by atoms with Crippen molar-refractivity contribution in [1.82, 2.24) is 19.6 Å². The number of aromatic nitrogens is 4. The summed E-state index contributed by atoms with van der Waals surface area (Å²) in [5.74, 6) is 1.63. The Hall–Kier alpha value is -1.95. The van der Waals surface area contributed by atoms with Gasteiger partial charge in [0.2, 0.25) is 0 Å². The number of thiophene rings is 1. The molecule has 3 aromatic heterocycles. The molecule has 3 aromatic rings.